The van der Waals surface area contributed by atoms with Gasteiger partial charge >= 0.3 is 0 Å². The average Bonchev–Trinajstić information content (AvgIpc) is 2.26. The molecule has 1 rings (SSSR count). The molecule has 0 aromatic heterocycles. The van der Waals surface area contributed by atoms with Crippen LogP contribution < -0.4 is 5.32 Å². The Morgan fingerprint density at radius 2 is 2.12 bits per heavy atom. The third-order valence-corrected chi connectivity index (χ3v) is 3.63. The molecule has 2 N–H and O–H groups in total. The molecule has 2 unspecified atom stereocenters. The minimum Gasteiger partial charge on any atom is -0.389 e. The normalized spacial score (nSPS) is 14.6. The molecule has 0 aliphatic heterocycles. The number of aliphatic hydroxyl groups excluding tert-OH is 1. The van der Waals surface area contributed by atoms with Gasteiger partial charge in [-0.15, -0.1) is 0 Å². The van der Waals surface area contributed by atoms with Crippen LogP contribution in [0.4, 0.5) is 0 Å². The molecule has 0 saturated carbocycles. The highest BCUT2D eigenvalue weighted by Crippen LogP contribution is 2.26. The van der Waals surface area contributed by atoms with E-state index in [0.717, 1.165) is 14.5 Å². The SMILES string of the molecule is COCC(O)CNC(C)c1ccc(Br)cc1Br. The fourth-order valence-electron chi connectivity index (χ4n) is 1.53. The smallest absolute Gasteiger partial charge is 0.0897 e. The summed E-state index contributed by atoms with van der Waals surface area (Å²) in [6.07, 6.45) is -0.475. The lowest BCUT2D eigenvalue weighted by molar-refractivity contribution is 0.0630. The molecule has 0 fully saturated rings. The number of hydrogen-bond donors (Lipinski definition) is 2. The van der Waals surface area contributed by atoms with Crippen molar-refractivity contribution in [2.24, 2.45) is 0 Å². The van der Waals surface area contributed by atoms with E-state index in [9.17, 15) is 5.11 Å². The van der Waals surface area contributed by atoms with Crippen LogP contribution in [0.3, 0.4) is 0 Å². The minimum atomic E-state index is -0.475. The topological polar surface area (TPSA) is 41.5 Å². The van der Waals surface area contributed by atoms with Crippen molar-refractivity contribution in [3.63, 3.8) is 0 Å². The number of nitrogens with one attached hydrogen (secondary N) is 1. The second kappa shape index (κ2) is 7.48. The molecule has 3 nitrogen and oxygen atoms in total. The molecule has 1 aromatic carbocycles. The van der Waals surface area contributed by atoms with E-state index in [0.29, 0.717) is 13.2 Å². The van der Waals surface area contributed by atoms with Gasteiger partial charge in [-0.2, -0.15) is 0 Å². The Hall–Kier alpha value is 0.0600. The molecular formula is C12H17Br2NO2. The van der Waals surface area contributed by atoms with E-state index in [1.165, 1.54) is 0 Å². The number of rotatable bonds is 6. The second-order valence-electron chi connectivity index (χ2n) is 3.90. The van der Waals surface area contributed by atoms with Crippen LogP contribution in [0, 0.1) is 0 Å². The lowest BCUT2D eigenvalue weighted by Gasteiger charge is -2.18. The first-order valence-electron chi connectivity index (χ1n) is 5.40. The zero-order valence-corrected chi connectivity index (χ0v) is 13.1. The van der Waals surface area contributed by atoms with Gasteiger partial charge in [0.2, 0.25) is 0 Å². The monoisotopic (exact) mass is 365 g/mol. The number of aliphatic hydroxyl groups is 1. The van der Waals surface area contributed by atoms with Crippen LogP contribution >= 0.6 is 31.9 Å². The van der Waals surface area contributed by atoms with E-state index in [1.54, 1.807) is 7.11 Å². The quantitative estimate of drug-likeness (QED) is 0.813. The summed E-state index contributed by atoms with van der Waals surface area (Å²) in [7, 11) is 1.58. The summed E-state index contributed by atoms with van der Waals surface area (Å²) < 4.78 is 6.97. The van der Waals surface area contributed by atoms with Gasteiger partial charge in [0, 0.05) is 28.6 Å². The molecule has 2 atom stereocenters. The molecule has 0 amide bonds. The van der Waals surface area contributed by atoms with Crippen molar-refractivity contribution >= 4 is 31.9 Å². The van der Waals surface area contributed by atoms with Crippen molar-refractivity contribution < 1.29 is 9.84 Å². The third-order valence-electron chi connectivity index (χ3n) is 2.45. The number of methoxy groups -OCH3 is 1. The molecule has 0 radical (unpaired) electrons. The number of ether oxygens (including phenoxy) is 1. The van der Waals surface area contributed by atoms with Crippen molar-refractivity contribution in [2.75, 3.05) is 20.3 Å². The molecule has 1 aromatic rings. The Morgan fingerprint density at radius 1 is 1.41 bits per heavy atom. The maximum Gasteiger partial charge on any atom is 0.0897 e. The fourth-order valence-corrected chi connectivity index (χ4v) is 2.92. The van der Waals surface area contributed by atoms with Gasteiger partial charge in [-0.1, -0.05) is 37.9 Å². The van der Waals surface area contributed by atoms with Gasteiger partial charge in [-0.3, -0.25) is 0 Å². The van der Waals surface area contributed by atoms with Crippen molar-refractivity contribution in [2.45, 2.75) is 19.1 Å². The first kappa shape index (κ1) is 15.1. The van der Waals surface area contributed by atoms with Crippen LogP contribution in [0.1, 0.15) is 18.5 Å². The summed E-state index contributed by atoms with van der Waals surface area (Å²) in [5, 5.41) is 12.8. The number of halogens is 2. The van der Waals surface area contributed by atoms with Crippen molar-refractivity contribution in [1.29, 1.82) is 0 Å². The first-order valence-corrected chi connectivity index (χ1v) is 6.98. The van der Waals surface area contributed by atoms with Gasteiger partial charge in [0.1, 0.15) is 0 Å². The van der Waals surface area contributed by atoms with E-state index in [4.69, 9.17) is 4.74 Å². The summed E-state index contributed by atoms with van der Waals surface area (Å²) in [5.74, 6) is 0. The number of hydrogen-bond acceptors (Lipinski definition) is 3. The Labute approximate surface area is 119 Å². The van der Waals surface area contributed by atoms with E-state index < -0.39 is 6.10 Å². The first-order chi connectivity index (χ1) is 8.04. The van der Waals surface area contributed by atoms with E-state index in [1.807, 2.05) is 12.1 Å². The van der Waals surface area contributed by atoms with Crippen LogP contribution in [-0.4, -0.2) is 31.5 Å². The molecule has 17 heavy (non-hydrogen) atoms. The summed E-state index contributed by atoms with van der Waals surface area (Å²) in [6.45, 7) is 2.92. The molecule has 0 saturated heterocycles. The summed E-state index contributed by atoms with van der Waals surface area (Å²) in [4.78, 5) is 0. The van der Waals surface area contributed by atoms with Crippen LogP contribution in [-0.2, 0) is 4.74 Å². The van der Waals surface area contributed by atoms with Crippen molar-refractivity contribution in [3.05, 3.63) is 32.7 Å². The zero-order valence-electron chi connectivity index (χ0n) is 9.91. The minimum absolute atomic E-state index is 0.170. The fraction of sp³-hybridized carbons (Fsp3) is 0.500. The molecule has 5 heteroatoms. The Kier molecular flexibility index (Phi) is 6.66. The largest absolute Gasteiger partial charge is 0.389 e. The summed E-state index contributed by atoms with van der Waals surface area (Å²) in [6, 6.07) is 6.24. The van der Waals surface area contributed by atoms with Crippen LogP contribution in [0.15, 0.2) is 27.1 Å². The third kappa shape index (κ3) is 5.06. The van der Waals surface area contributed by atoms with Crippen LogP contribution in [0.2, 0.25) is 0 Å². The van der Waals surface area contributed by atoms with Crippen molar-refractivity contribution in [3.8, 4) is 0 Å². The van der Waals surface area contributed by atoms with Crippen molar-refractivity contribution in [1.82, 2.24) is 5.32 Å². The van der Waals surface area contributed by atoms with E-state index in [2.05, 4.69) is 50.2 Å². The zero-order chi connectivity index (χ0) is 12.8. The standard InChI is InChI=1S/C12H17Br2NO2/c1-8(15-6-10(16)7-17-2)11-4-3-9(13)5-12(11)14/h3-5,8,10,15-16H,6-7H2,1-2H3. The van der Waals surface area contributed by atoms with Gasteiger partial charge in [0.05, 0.1) is 12.7 Å². The van der Waals surface area contributed by atoms with Crippen LogP contribution in [0.25, 0.3) is 0 Å². The summed E-state index contributed by atoms with van der Waals surface area (Å²) in [5.41, 5.74) is 1.16. The lowest BCUT2D eigenvalue weighted by Crippen LogP contribution is -2.31. The molecule has 0 bridgehead atoms. The second-order valence-corrected chi connectivity index (χ2v) is 5.67. The Morgan fingerprint density at radius 3 is 2.71 bits per heavy atom. The van der Waals surface area contributed by atoms with E-state index >= 15 is 0 Å². The van der Waals surface area contributed by atoms with Gasteiger partial charge < -0.3 is 15.2 Å². The summed E-state index contributed by atoms with van der Waals surface area (Å²) >= 11 is 6.95. The van der Waals surface area contributed by atoms with Gasteiger partial charge in [-0.05, 0) is 24.6 Å². The predicted octanol–water partition coefficient (Wildman–Crippen LogP) is 2.87. The molecule has 0 aliphatic rings. The molecular weight excluding hydrogens is 350 g/mol. The van der Waals surface area contributed by atoms with Crippen LogP contribution in [0.5, 0.6) is 0 Å². The van der Waals surface area contributed by atoms with Gasteiger partial charge in [0.15, 0.2) is 0 Å². The van der Waals surface area contributed by atoms with Gasteiger partial charge in [-0.25, -0.2) is 0 Å². The molecule has 0 spiro atoms. The van der Waals surface area contributed by atoms with Gasteiger partial charge in [0.25, 0.3) is 0 Å². The predicted molar refractivity (Wildman–Crippen MR) is 76.1 cm³/mol. The Balaban J connectivity index is 2.54. The molecule has 0 aliphatic carbocycles. The number of benzene rings is 1. The molecule has 96 valence electrons. The average molecular weight is 367 g/mol. The maximum absolute atomic E-state index is 9.55. The Bertz CT molecular complexity index is 360. The highest BCUT2D eigenvalue weighted by molar-refractivity contribution is 9.11. The molecule has 0 heterocycles. The maximum atomic E-state index is 9.55. The highest BCUT2D eigenvalue weighted by atomic mass is 79.9. The lowest BCUT2D eigenvalue weighted by atomic mass is 10.1. The van der Waals surface area contributed by atoms with E-state index in [-0.39, 0.29) is 6.04 Å². The highest BCUT2D eigenvalue weighted by Gasteiger charge is 2.11.